The van der Waals surface area contributed by atoms with Crippen LogP contribution in [0, 0.1) is 17.0 Å². The first-order valence-corrected chi connectivity index (χ1v) is 5.93. The van der Waals surface area contributed by atoms with E-state index in [2.05, 4.69) is 26.2 Å². The minimum atomic E-state index is -0.451. The third-order valence-corrected chi connectivity index (χ3v) is 3.44. The molecule has 2 heterocycles. The number of hydrogen-bond acceptors (Lipinski definition) is 5. The number of nitrogens with one attached hydrogen (secondary N) is 1. The van der Waals surface area contributed by atoms with Crippen molar-refractivity contribution in [3.63, 3.8) is 0 Å². The molecule has 1 N–H and O–H groups in total. The van der Waals surface area contributed by atoms with Gasteiger partial charge in [0.25, 0.3) is 5.69 Å². The molecule has 0 radical (unpaired) electrons. The molecule has 7 heteroatoms. The molecule has 2 rings (SSSR count). The van der Waals surface area contributed by atoms with E-state index in [0.29, 0.717) is 22.4 Å². The molecule has 0 aliphatic heterocycles. The molecular weight excluding hydrogens is 302 g/mol. The number of aromatic nitrogens is 1. The number of nitro groups is 1. The van der Waals surface area contributed by atoms with Gasteiger partial charge in [-0.2, -0.15) is 0 Å². The molecule has 2 aromatic heterocycles. The van der Waals surface area contributed by atoms with Crippen molar-refractivity contribution in [1.82, 2.24) is 4.98 Å². The van der Waals surface area contributed by atoms with Gasteiger partial charge >= 0.3 is 0 Å². The van der Waals surface area contributed by atoms with Gasteiger partial charge in [0, 0.05) is 17.7 Å². The Morgan fingerprint density at radius 2 is 2.39 bits per heavy atom. The molecule has 0 aliphatic carbocycles. The molecule has 6 nitrogen and oxygen atoms in total. The zero-order valence-corrected chi connectivity index (χ0v) is 11.1. The molecule has 0 saturated carbocycles. The standard InChI is InChI=1S/C11H10BrN3O3/c1-7-9(15(16)17)5-14-11(10(7)12)13-4-8-2-3-18-6-8/h2-3,5-6H,4H2,1H3,(H,13,14). The van der Waals surface area contributed by atoms with Crippen LogP contribution in [0.2, 0.25) is 0 Å². The van der Waals surface area contributed by atoms with Crippen molar-refractivity contribution in [2.24, 2.45) is 0 Å². The molecule has 0 amide bonds. The van der Waals surface area contributed by atoms with Crippen LogP contribution in [0.1, 0.15) is 11.1 Å². The normalized spacial score (nSPS) is 10.3. The summed E-state index contributed by atoms with van der Waals surface area (Å²) in [6.45, 7) is 2.21. The van der Waals surface area contributed by atoms with Gasteiger partial charge < -0.3 is 9.73 Å². The van der Waals surface area contributed by atoms with Crippen molar-refractivity contribution in [2.75, 3.05) is 5.32 Å². The summed E-state index contributed by atoms with van der Waals surface area (Å²) >= 11 is 3.31. The van der Waals surface area contributed by atoms with E-state index in [1.165, 1.54) is 6.20 Å². The Balaban J connectivity index is 2.19. The number of nitrogens with zero attached hydrogens (tertiary/aromatic N) is 2. The number of furan rings is 1. The third-order valence-electron chi connectivity index (χ3n) is 2.47. The highest BCUT2D eigenvalue weighted by molar-refractivity contribution is 9.10. The van der Waals surface area contributed by atoms with Gasteiger partial charge in [0.05, 0.1) is 21.9 Å². The monoisotopic (exact) mass is 311 g/mol. The van der Waals surface area contributed by atoms with E-state index in [1.807, 2.05) is 6.07 Å². The van der Waals surface area contributed by atoms with Crippen LogP contribution in [-0.4, -0.2) is 9.91 Å². The van der Waals surface area contributed by atoms with Crippen molar-refractivity contribution in [3.8, 4) is 0 Å². The summed E-state index contributed by atoms with van der Waals surface area (Å²) in [6.07, 6.45) is 4.46. The fourth-order valence-electron chi connectivity index (χ4n) is 1.46. The van der Waals surface area contributed by atoms with Crippen LogP contribution in [0.15, 0.2) is 33.7 Å². The molecule has 2 aromatic rings. The van der Waals surface area contributed by atoms with Gasteiger partial charge in [0.2, 0.25) is 0 Å². The van der Waals surface area contributed by atoms with Crippen LogP contribution in [0.3, 0.4) is 0 Å². The van der Waals surface area contributed by atoms with Crippen LogP contribution < -0.4 is 5.32 Å². The van der Waals surface area contributed by atoms with Crippen molar-refractivity contribution in [2.45, 2.75) is 13.5 Å². The highest BCUT2D eigenvalue weighted by Crippen LogP contribution is 2.30. The van der Waals surface area contributed by atoms with Gasteiger partial charge in [-0.1, -0.05) is 0 Å². The summed E-state index contributed by atoms with van der Waals surface area (Å²) in [6, 6.07) is 1.83. The van der Waals surface area contributed by atoms with Crippen molar-refractivity contribution >= 4 is 27.4 Å². The fraction of sp³-hybridized carbons (Fsp3) is 0.182. The fourth-order valence-corrected chi connectivity index (χ4v) is 1.90. The zero-order chi connectivity index (χ0) is 13.1. The van der Waals surface area contributed by atoms with Crippen LogP contribution in [0.4, 0.5) is 11.5 Å². The predicted octanol–water partition coefficient (Wildman–Crippen LogP) is 3.27. The maximum Gasteiger partial charge on any atom is 0.291 e. The Hall–Kier alpha value is -1.89. The van der Waals surface area contributed by atoms with Crippen molar-refractivity contribution in [1.29, 1.82) is 0 Å². The van der Waals surface area contributed by atoms with Crippen LogP contribution in [0.5, 0.6) is 0 Å². The number of rotatable bonds is 4. The van der Waals surface area contributed by atoms with Gasteiger partial charge in [-0.3, -0.25) is 10.1 Å². The van der Waals surface area contributed by atoms with Crippen molar-refractivity contribution in [3.05, 3.63) is 50.5 Å². The summed E-state index contributed by atoms with van der Waals surface area (Å²) < 4.78 is 5.54. The summed E-state index contributed by atoms with van der Waals surface area (Å²) in [5.74, 6) is 0.569. The zero-order valence-electron chi connectivity index (χ0n) is 9.51. The Bertz CT molecular complexity index is 569. The van der Waals surface area contributed by atoms with E-state index in [0.717, 1.165) is 5.56 Å². The molecule has 0 spiro atoms. The summed E-state index contributed by atoms with van der Waals surface area (Å²) in [7, 11) is 0. The van der Waals surface area contributed by atoms with Crippen LogP contribution in [0.25, 0.3) is 0 Å². The molecule has 0 bridgehead atoms. The summed E-state index contributed by atoms with van der Waals surface area (Å²) in [5, 5.41) is 13.8. The lowest BCUT2D eigenvalue weighted by Crippen LogP contribution is -2.03. The van der Waals surface area contributed by atoms with E-state index in [9.17, 15) is 10.1 Å². The number of pyridine rings is 1. The quantitative estimate of drug-likeness (QED) is 0.692. The van der Waals surface area contributed by atoms with Gasteiger partial charge in [0.15, 0.2) is 0 Å². The highest BCUT2D eigenvalue weighted by atomic mass is 79.9. The average molecular weight is 312 g/mol. The molecule has 0 aromatic carbocycles. The van der Waals surface area contributed by atoms with E-state index in [4.69, 9.17) is 4.42 Å². The molecule has 0 saturated heterocycles. The van der Waals surface area contributed by atoms with Crippen LogP contribution >= 0.6 is 15.9 Å². The smallest absolute Gasteiger partial charge is 0.291 e. The highest BCUT2D eigenvalue weighted by Gasteiger charge is 2.16. The van der Waals surface area contributed by atoms with E-state index in [1.54, 1.807) is 19.5 Å². The van der Waals surface area contributed by atoms with E-state index < -0.39 is 4.92 Å². The lowest BCUT2D eigenvalue weighted by molar-refractivity contribution is -0.385. The van der Waals surface area contributed by atoms with Gasteiger partial charge in [0.1, 0.15) is 12.0 Å². The largest absolute Gasteiger partial charge is 0.472 e. The Kier molecular flexibility index (Phi) is 3.61. The maximum absolute atomic E-state index is 10.7. The van der Waals surface area contributed by atoms with Crippen molar-refractivity contribution < 1.29 is 9.34 Å². The molecular formula is C11H10BrN3O3. The molecule has 0 fully saturated rings. The molecule has 0 atom stereocenters. The first kappa shape index (κ1) is 12.6. The second kappa shape index (κ2) is 5.18. The van der Waals surface area contributed by atoms with Crippen LogP contribution in [-0.2, 0) is 6.54 Å². The first-order chi connectivity index (χ1) is 8.59. The second-order valence-electron chi connectivity index (χ2n) is 3.67. The Morgan fingerprint density at radius 3 is 3.00 bits per heavy atom. The molecule has 0 aliphatic rings. The summed E-state index contributed by atoms with van der Waals surface area (Å²) in [4.78, 5) is 14.3. The molecule has 94 valence electrons. The van der Waals surface area contributed by atoms with E-state index >= 15 is 0 Å². The molecule has 0 unspecified atom stereocenters. The maximum atomic E-state index is 10.7. The third kappa shape index (κ3) is 2.51. The van der Waals surface area contributed by atoms with E-state index in [-0.39, 0.29) is 5.69 Å². The minimum Gasteiger partial charge on any atom is -0.472 e. The summed E-state index contributed by atoms with van der Waals surface area (Å²) in [5.41, 5.74) is 1.51. The Morgan fingerprint density at radius 1 is 1.61 bits per heavy atom. The number of anilines is 1. The number of hydrogen-bond donors (Lipinski definition) is 1. The topological polar surface area (TPSA) is 81.2 Å². The van der Waals surface area contributed by atoms with Gasteiger partial charge in [-0.05, 0) is 28.9 Å². The predicted molar refractivity (Wildman–Crippen MR) is 69.4 cm³/mol. The molecule has 18 heavy (non-hydrogen) atoms. The van der Waals surface area contributed by atoms with Gasteiger partial charge in [-0.25, -0.2) is 4.98 Å². The van der Waals surface area contributed by atoms with Gasteiger partial charge in [-0.15, -0.1) is 0 Å². The first-order valence-electron chi connectivity index (χ1n) is 5.14. The lowest BCUT2D eigenvalue weighted by Gasteiger charge is -2.08. The second-order valence-corrected chi connectivity index (χ2v) is 4.47. The lowest BCUT2D eigenvalue weighted by atomic mass is 10.2. The minimum absolute atomic E-state index is 0.00395. The number of halogens is 1. The average Bonchev–Trinajstić information content (AvgIpc) is 2.83. The Labute approximate surface area is 111 Å². The SMILES string of the molecule is Cc1c([N+](=O)[O-])cnc(NCc2ccoc2)c1Br.